The van der Waals surface area contributed by atoms with E-state index in [0.717, 1.165) is 4.91 Å². The van der Waals surface area contributed by atoms with Gasteiger partial charge < -0.3 is 10.00 Å². The third kappa shape index (κ3) is 3.12. The fourth-order valence-electron chi connectivity index (χ4n) is 1.70. The zero-order chi connectivity index (χ0) is 12.5. The fourth-order valence-corrected chi connectivity index (χ4v) is 4.85. The number of thioether (sulfide) groups is 1. The number of allylic oxidation sites excluding steroid dienone is 2. The Morgan fingerprint density at radius 1 is 1.56 bits per heavy atom. The largest absolute Gasteiger partial charge is 0.481 e. The van der Waals surface area contributed by atoms with Crippen LogP contribution in [0.25, 0.3) is 0 Å². The quantitative estimate of drug-likeness (QED) is 0.766. The van der Waals surface area contributed by atoms with Crippen molar-refractivity contribution in [3.05, 3.63) is 10.2 Å². The maximum atomic E-state index is 11.7. The van der Waals surface area contributed by atoms with Crippen LogP contribution >= 0.6 is 19.1 Å². The monoisotopic (exact) mass is 264 g/mol. The van der Waals surface area contributed by atoms with Gasteiger partial charge in [0, 0.05) is 17.7 Å². The van der Waals surface area contributed by atoms with Crippen LogP contribution in [-0.2, 0) is 9.36 Å². The molecule has 0 aromatic rings. The summed E-state index contributed by atoms with van der Waals surface area (Å²) in [5.41, 5.74) is 0. The molecule has 16 heavy (non-hydrogen) atoms. The van der Waals surface area contributed by atoms with E-state index in [0.29, 0.717) is 11.1 Å². The van der Waals surface area contributed by atoms with E-state index < -0.39 is 19.3 Å². The molecule has 4 nitrogen and oxygen atoms in total. The summed E-state index contributed by atoms with van der Waals surface area (Å²) >= 11 is 1.41. The number of aliphatic carboxylic acids is 1. The van der Waals surface area contributed by atoms with Gasteiger partial charge in [-0.1, -0.05) is 13.8 Å². The van der Waals surface area contributed by atoms with Gasteiger partial charge in [-0.2, -0.15) is 0 Å². The van der Waals surface area contributed by atoms with Gasteiger partial charge in [-0.3, -0.25) is 9.36 Å². The second-order valence-electron chi connectivity index (χ2n) is 4.40. The van der Waals surface area contributed by atoms with Gasteiger partial charge in [0.15, 0.2) is 0 Å². The Kier molecular flexibility index (Phi) is 4.27. The van der Waals surface area contributed by atoms with Crippen LogP contribution in [0.4, 0.5) is 0 Å². The van der Waals surface area contributed by atoms with Gasteiger partial charge in [-0.05, 0) is 17.2 Å². The first-order valence-corrected chi connectivity index (χ1v) is 8.22. The molecule has 0 fully saturated rings. The molecule has 0 saturated carbocycles. The zero-order valence-corrected chi connectivity index (χ0v) is 11.3. The summed E-state index contributed by atoms with van der Waals surface area (Å²) in [6.07, 6.45) is 0.208. The highest BCUT2D eigenvalue weighted by Crippen LogP contribution is 2.55. The highest BCUT2D eigenvalue weighted by Gasteiger charge is 2.33. The lowest BCUT2D eigenvalue weighted by Crippen LogP contribution is -2.21. The number of carboxylic acid groups (broad SMARTS) is 1. The van der Waals surface area contributed by atoms with E-state index in [9.17, 15) is 14.3 Å². The Bertz CT molecular complexity index is 369. The van der Waals surface area contributed by atoms with Crippen LogP contribution < -0.4 is 0 Å². The summed E-state index contributed by atoms with van der Waals surface area (Å²) in [4.78, 5) is 21.4. The minimum absolute atomic E-state index is 0.176. The van der Waals surface area contributed by atoms with Crippen molar-refractivity contribution in [1.82, 2.24) is 0 Å². The topological polar surface area (TPSA) is 74.6 Å². The molecule has 0 aromatic heterocycles. The third-order valence-corrected chi connectivity index (χ3v) is 5.71. The van der Waals surface area contributed by atoms with Crippen molar-refractivity contribution in [2.24, 2.45) is 11.8 Å². The van der Waals surface area contributed by atoms with Gasteiger partial charge in [-0.15, -0.1) is 11.8 Å². The average molecular weight is 264 g/mol. The minimum Gasteiger partial charge on any atom is -0.481 e. The Morgan fingerprint density at radius 3 is 2.50 bits per heavy atom. The normalized spacial score (nSPS) is 25.7. The molecule has 0 radical (unpaired) electrons. The van der Waals surface area contributed by atoms with Crippen LogP contribution in [0.3, 0.4) is 0 Å². The SMILES string of the molecule is CC(C)C1=C(P(C)(=O)O)C[C@H](C(=O)O)CS1. The average Bonchev–Trinajstić information content (AvgIpc) is 2.15. The second-order valence-corrected chi connectivity index (χ2v) is 7.75. The summed E-state index contributed by atoms with van der Waals surface area (Å²) in [7, 11) is -3.33. The lowest BCUT2D eigenvalue weighted by atomic mass is 10.1. The van der Waals surface area contributed by atoms with Crippen molar-refractivity contribution < 1.29 is 19.4 Å². The molecule has 1 aliphatic rings. The predicted molar refractivity (Wildman–Crippen MR) is 65.8 cm³/mol. The Hall–Kier alpha value is -0.250. The van der Waals surface area contributed by atoms with Gasteiger partial charge in [0.2, 0.25) is 7.37 Å². The molecule has 0 amide bonds. The molecule has 1 rings (SSSR count). The fraction of sp³-hybridized carbons (Fsp3) is 0.700. The molecule has 92 valence electrons. The molecule has 0 spiro atoms. The molecule has 0 aromatic carbocycles. The van der Waals surface area contributed by atoms with Crippen LogP contribution in [0.15, 0.2) is 10.2 Å². The molecule has 0 saturated heterocycles. The predicted octanol–water partition coefficient (Wildman–Crippen LogP) is 2.59. The van der Waals surface area contributed by atoms with Gasteiger partial charge in [0.1, 0.15) is 0 Å². The van der Waals surface area contributed by atoms with E-state index in [-0.39, 0.29) is 12.3 Å². The number of hydrogen-bond acceptors (Lipinski definition) is 3. The van der Waals surface area contributed by atoms with Crippen molar-refractivity contribution in [2.45, 2.75) is 20.3 Å². The van der Waals surface area contributed by atoms with Crippen LogP contribution in [-0.4, -0.2) is 28.4 Å². The molecular weight excluding hydrogens is 247 g/mol. The maximum Gasteiger partial charge on any atom is 0.307 e. The maximum absolute atomic E-state index is 11.7. The molecule has 0 bridgehead atoms. The molecule has 2 atom stereocenters. The van der Waals surface area contributed by atoms with Crippen molar-refractivity contribution in [3.63, 3.8) is 0 Å². The summed E-state index contributed by atoms with van der Waals surface area (Å²) < 4.78 is 11.7. The van der Waals surface area contributed by atoms with Crippen molar-refractivity contribution in [3.8, 4) is 0 Å². The molecule has 2 N–H and O–H groups in total. The van der Waals surface area contributed by atoms with Crippen molar-refractivity contribution >= 4 is 25.1 Å². The Labute approximate surface area is 99.6 Å². The zero-order valence-electron chi connectivity index (χ0n) is 9.64. The third-order valence-electron chi connectivity index (χ3n) is 2.54. The first-order valence-electron chi connectivity index (χ1n) is 5.13. The molecular formula is C10H17O4PS. The van der Waals surface area contributed by atoms with E-state index in [1.807, 2.05) is 13.8 Å². The lowest BCUT2D eigenvalue weighted by Gasteiger charge is -2.27. The number of rotatable bonds is 3. The minimum atomic E-state index is -3.33. The molecule has 6 heteroatoms. The summed E-state index contributed by atoms with van der Waals surface area (Å²) in [5, 5.41) is 9.39. The number of carboxylic acids is 1. The summed E-state index contributed by atoms with van der Waals surface area (Å²) in [6, 6.07) is 0. The smallest absolute Gasteiger partial charge is 0.307 e. The van der Waals surface area contributed by atoms with Gasteiger partial charge in [0.05, 0.1) is 5.92 Å². The molecule has 0 aliphatic carbocycles. The standard InChI is InChI=1S/C10H17O4PS/c1-6(2)9-8(15(3,13)14)4-7(5-16-9)10(11)12/h6-7H,4-5H2,1-3H3,(H,11,12)(H,13,14)/t7-/m0/s1. The van der Waals surface area contributed by atoms with Crippen LogP contribution in [0, 0.1) is 11.8 Å². The number of carbonyl (C=O) groups is 1. The van der Waals surface area contributed by atoms with Crippen LogP contribution in [0.5, 0.6) is 0 Å². The van der Waals surface area contributed by atoms with Gasteiger partial charge >= 0.3 is 5.97 Å². The first kappa shape index (κ1) is 13.8. The van der Waals surface area contributed by atoms with E-state index in [1.54, 1.807) is 0 Å². The van der Waals surface area contributed by atoms with Crippen LogP contribution in [0.2, 0.25) is 0 Å². The van der Waals surface area contributed by atoms with E-state index in [4.69, 9.17) is 5.11 Å². The summed E-state index contributed by atoms with van der Waals surface area (Å²) in [6.45, 7) is 5.20. The molecule has 1 aliphatic heterocycles. The van der Waals surface area contributed by atoms with Crippen molar-refractivity contribution in [2.75, 3.05) is 12.4 Å². The van der Waals surface area contributed by atoms with Gasteiger partial charge in [-0.25, -0.2) is 0 Å². The Morgan fingerprint density at radius 2 is 2.12 bits per heavy atom. The van der Waals surface area contributed by atoms with Crippen molar-refractivity contribution in [1.29, 1.82) is 0 Å². The highest BCUT2D eigenvalue weighted by atomic mass is 32.2. The molecule has 1 heterocycles. The second kappa shape index (κ2) is 4.94. The van der Waals surface area contributed by atoms with E-state index >= 15 is 0 Å². The van der Waals surface area contributed by atoms with Crippen LogP contribution in [0.1, 0.15) is 20.3 Å². The summed E-state index contributed by atoms with van der Waals surface area (Å²) in [5.74, 6) is -0.758. The highest BCUT2D eigenvalue weighted by molar-refractivity contribution is 8.03. The van der Waals surface area contributed by atoms with E-state index in [2.05, 4.69) is 0 Å². The first-order chi connectivity index (χ1) is 7.23. The number of hydrogen-bond donors (Lipinski definition) is 2. The van der Waals surface area contributed by atoms with E-state index in [1.165, 1.54) is 18.4 Å². The Balaban J connectivity index is 3.09. The molecule has 1 unspecified atom stereocenters. The van der Waals surface area contributed by atoms with Gasteiger partial charge in [0.25, 0.3) is 0 Å². The lowest BCUT2D eigenvalue weighted by molar-refractivity contribution is -0.140.